The molecule has 1 atom stereocenters. The summed E-state index contributed by atoms with van der Waals surface area (Å²) in [6.07, 6.45) is 1.88. The van der Waals surface area contributed by atoms with Crippen molar-refractivity contribution in [3.8, 4) is 5.69 Å². The molecule has 6 heteroatoms. The number of rotatable bonds is 3. The van der Waals surface area contributed by atoms with Crippen LogP contribution in [0.4, 0.5) is 4.39 Å². The first-order valence-corrected chi connectivity index (χ1v) is 8.75. The number of amides is 1. The van der Waals surface area contributed by atoms with Crippen molar-refractivity contribution in [2.75, 3.05) is 13.1 Å². The molecule has 0 spiro atoms. The second kappa shape index (κ2) is 6.96. The molecule has 0 aliphatic carbocycles. The van der Waals surface area contributed by atoms with Crippen LogP contribution >= 0.6 is 0 Å². The van der Waals surface area contributed by atoms with Gasteiger partial charge in [-0.2, -0.15) is 5.10 Å². The summed E-state index contributed by atoms with van der Waals surface area (Å²) in [5, 5.41) is 4.50. The first-order valence-electron chi connectivity index (χ1n) is 8.75. The third kappa shape index (κ3) is 3.44. The molecule has 1 amide bonds. The number of halogens is 1. The minimum absolute atomic E-state index is 0.0199. The van der Waals surface area contributed by atoms with Gasteiger partial charge in [0.05, 0.1) is 22.6 Å². The highest BCUT2D eigenvalue weighted by Gasteiger charge is 2.29. The normalized spacial score (nSPS) is 16.9. The third-order valence-electron chi connectivity index (χ3n) is 5.15. The van der Waals surface area contributed by atoms with Crippen molar-refractivity contribution >= 4 is 5.91 Å². The standard InChI is InChI=1S/C19H25FN4O/c1-12(21)15-8-10-23(11-9-15)19(25)18-13(2)22-24(14(18)3)17-6-4-16(20)5-7-17/h4-7,12,15H,8-11,21H2,1-3H3. The Labute approximate surface area is 147 Å². The summed E-state index contributed by atoms with van der Waals surface area (Å²) < 4.78 is 14.9. The van der Waals surface area contributed by atoms with E-state index in [2.05, 4.69) is 5.10 Å². The molecule has 0 radical (unpaired) electrons. The average Bonchev–Trinajstić information content (AvgIpc) is 2.89. The molecule has 134 valence electrons. The van der Waals surface area contributed by atoms with Crippen LogP contribution in [-0.2, 0) is 0 Å². The van der Waals surface area contributed by atoms with Gasteiger partial charge in [0, 0.05) is 19.1 Å². The highest BCUT2D eigenvalue weighted by molar-refractivity contribution is 5.96. The van der Waals surface area contributed by atoms with Crippen molar-refractivity contribution < 1.29 is 9.18 Å². The van der Waals surface area contributed by atoms with Crippen molar-refractivity contribution in [2.24, 2.45) is 11.7 Å². The molecule has 1 aromatic carbocycles. The van der Waals surface area contributed by atoms with Crippen LogP contribution in [0.2, 0.25) is 0 Å². The monoisotopic (exact) mass is 344 g/mol. The molecule has 3 rings (SSSR count). The van der Waals surface area contributed by atoms with Crippen LogP contribution in [-0.4, -0.2) is 39.7 Å². The molecule has 1 aromatic heterocycles. The van der Waals surface area contributed by atoms with Crippen LogP contribution in [0.15, 0.2) is 24.3 Å². The number of hydrogen-bond donors (Lipinski definition) is 1. The number of likely N-dealkylation sites (tertiary alicyclic amines) is 1. The number of nitrogens with two attached hydrogens (primary N) is 1. The van der Waals surface area contributed by atoms with Crippen LogP contribution in [0.1, 0.15) is 41.5 Å². The fourth-order valence-electron chi connectivity index (χ4n) is 3.57. The topological polar surface area (TPSA) is 64.2 Å². The van der Waals surface area contributed by atoms with Crippen molar-refractivity contribution in [2.45, 2.75) is 39.7 Å². The number of hydrogen-bond acceptors (Lipinski definition) is 3. The van der Waals surface area contributed by atoms with Crippen LogP contribution in [0.3, 0.4) is 0 Å². The summed E-state index contributed by atoms with van der Waals surface area (Å²) in [6.45, 7) is 7.21. The first kappa shape index (κ1) is 17.6. The Morgan fingerprint density at radius 3 is 2.40 bits per heavy atom. The Morgan fingerprint density at radius 1 is 1.24 bits per heavy atom. The second-order valence-corrected chi connectivity index (χ2v) is 6.92. The van der Waals surface area contributed by atoms with Crippen LogP contribution in [0, 0.1) is 25.6 Å². The lowest BCUT2D eigenvalue weighted by Crippen LogP contribution is -2.42. The van der Waals surface area contributed by atoms with E-state index in [1.807, 2.05) is 25.7 Å². The van der Waals surface area contributed by atoms with Crippen molar-refractivity contribution in [1.29, 1.82) is 0 Å². The molecule has 2 aromatic rings. The molecule has 5 nitrogen and oxygen atoms in total. The second-order valence-electron chi connectivity index (χ2n) is 6.92. The van der Waals surface area contributed by atoms with E-state index in [4.69, 9.17) is 5.73 Å². The Kier molecular flexibility index (Phi) is 4.90. The zero-order valence-corrected chi connectivity index (χ0v) is 15.0. The SMILES string of the molecule is Cc1nn(-c2ccc(F)cc2)c(C)c1C(=O)N1CCC(C(C)N)CC1. The van der Waals surface area contributed by atoms with E-state index in [1.165, 1.54) is 12.1 Å². The van der Waals surface area contributed by atoms with Gasteiger partial charge in [-0.3, -0.25) is 4.79 Å². The quantitative estimate of drug-likeness (QED) is 0.931. The number of carbonyl (C=O) groups excluding carboxylic acids is 1. The van der Waals surface area contributed by atoms with Crippen LogP contribution in [0.5, 0.6) is 0 Å². The lowest BCUT2D eigenvalue weighted by Gasteiger charge is -2.33. The number of nitrogens with zero attached hydrogens (tertiary/aromatic N) is 3. The first-order chi connectivity index (χ1) is 11.9. The third-order valence-corrected chi connectivity index (χ3v) is 5.15. The molecule has 2 heterocycles. The van der Waals surface area contributed by atoms with E-state index in [9.17, 15) is 9.18 Å². The van der Waals surface area contributed by atoms with Crippen LogP contribution < -0.4 is 5.73 Å². The van der Waals surface area contributed by atoms with E-state index in [1.54, 1.807) is 16.8 Å². The van der Waals surface area contributed by atoms with Crippen molar-refractivity contribution in [3.63, 3.8) is 0 Å². The van der Waals surface area contributed by atoms with Crippen LogP contribution in [0.25, 0.3) is 5.69 Å². The van der Waals surface area contributed by atoms with E-state index in [0.29, 0.717) is 17.2 Å². The molecule has 1 aliphatic rings. The molecular formula is C19H25FN4O. The average molecular weight is 344 g/mol. The molecule has 0 saturated carbocycles. The Morgan fingerprint density at radius 2 is 1.84 bits per heavy atom. The van der Waals surface area contributed by atoms with Gasteiger partial charge in [0.25, 0.3) is 5.91 Å². The minimum Gasteiger partial charge on any atom is -0.339 e. The van der Waals surface area contributed by atoms with Gasteiger partial charge < -0.3 is 10.6 Å². The number of benzene rings is 1. The maximum Gasteiger partial charge on any atom is 0.257 e. The maximum absolute atomic E-state index is 13.1. The molecule has 0 bridgehead atoms. The van der Waals surface area contributed by atoms with Gasteiger partial charge in [-0.25, -0.2) is 9.07 Å². The Hall–Kier alpha value is -2.21. The molecule has 1 fully saturated rings. The fourth-order valence-corrected chi connectivity index (χ4v) is 3.57. The van der Waals surface area contributed by atoms with E-state index >= 15 is 0 Å². The van der Waals surface area contributed by atoms with E-state index < -0.39 is 0 Å². The highest BCUT2D eigenvalue weighted by Crippen LogP contribution is 2.24. The summed E-state index contributed by atoms with van der Waals surface area (Å²) in [5.41, 5.74) is 8.85. The van der Waals surface area contributed by atoms with Crippen molar-refractivity contribution in [1.82, 2.24) is 14.7 Å². The summed E-state index contributed by atoms with van der Waals surface area (Å²) >= 11 is 0. The number of aromatic nitrogens is 2. The fraction of sp³-hybridized carbons (Fsp3) is 0.474. The molecule has 1 unspecified atom stereocenters. The largest absolute Gasteiger partial charge is 0.339 e. The minimum atomic E-state index is -0.293. The van der Waals surface area contributed by atoms with Gasteiger partial charge in [-0.15, -0.1) is 0 Å². The summed E-state index contributed by atoms with van der Waals surface area (Å²) in [4.78, 5) is 14.9. The Balaban J connectivity index is 1.83. The number of aryl methyl sites for hydroxylation is 1. The molecule has 1 saturated heterocycles. The Bertz CT molecular complexity index is 758. The van der Waals surface area contributed by atoms with Gasteiger partial charge in [0.2, 0.25) is 0 Å². The van der Waals surface area contributed by atoms with E-state index in [0.717, 1.165) is 37.3 Å². The van der Waals surface area contributed by atoms with E-state index in [-0.39, 0.29) is 17.8 Å². The number of carbonyl (C=O) groups is 1. The van der Waals surface area contributed by atoms with Gasteiger partial charge in [-0.05, 0) is 63.8 Å². The smallest absolute Gasteiger partial charge is 0.257 e. The predicted octanol–water partition coefficient (Wildman–Crippen LogP) is 2.83. The summed E-state index contributed by atoms with van der Waals surface area (Å²) in [7, 11) is 0. The van der Waals surface area contributed by atoms with Gasteiger partial charge >= 0.3 is 0 Å². The lowest BCUT2D eigenvalue weighted by atomic mass is 9.90. The summed E-state index contributed by atoms with van der Waals surface area (Å²) in [6, 6.07) is 6.29. The van der Waals surface area contributed by atoms with Gasteiger partial charge in [0.15, 0.2) is 0 Å². The maximum atomic E-state index is 13.1. The van der Waals surface area contributed by atoms with Gasteiger partial charge in [0.1, 0.15) is 5.82 Å². The lowest BCUT2D eigenvalue weighted by molar-refractivity contribution is 0.0679. The van der Waals surface area contributed by atoms with Crippen molar-refractivity contribution in [3.05, 3.63) is 47.0 Å². The predicted molar refractivity (Wildman–Crippen MR) is 95.3 cm³/mol. The highest BCUT2D eigenvalue weighted by atomic mass is 19.1. The summed E-state index contributed by atoms with van der Waals surface area (Å²) in [5.74, 6) is 0.207. The molecular weight excluding hydrogens is 319 g/mol. The van der Waals surface area contributed by atoms with Gasteiger partial charge in [-0.1, -0.05) is 0 Å². The zero-order chi connectivity index (χ0) is 18.1. The zero-order valence-electron chi connectivity index (χ0n) is 15.0. The molecule has 25 heavy (non-hydrogen) atoms. The molecule has 1 aliphatic heterocycles. The molecule has 2 N–H and O–H groups in total. The number of piperidine rings is 1.